The van der Waals surface area contributed by atoms with E-state index in [4.69, 9.17) is 4.42 Å². The van der Waals surface area contributed by atoms with Crippen LogP contribution < -0.4 is 10.2 Å². The first kappa shape index (κ1) is 18.9. The van der Waals surface area contributed by atoms with Crippen LogP contribution in [-0.2, 0) is 6.42 Å². The van der Waals surface area contributed by atoms with E-state index in [1.54, 1.807) is 4.90 Å². The van der Waals surface area contributed by atoms with E-state index in [0.29, 0.717) is 26.2 Å². The van der Waals surface area contributed by atoms with Crippen molar-refractivity contribution in [2.45, 2.75) is 6.42 Å². The van der Waals surface area contributed by atoms with Crippen molar-refractivity contribution in [1.82, 2.24) is 20.1 Å². The second-order valence-electron chi connectivity index (χ2n) is 6.72. The smallest absolute Gasteiger partial charge is 0.328 e. The number of aromatic nitrogens is 1. The number of nitrogens with one attached hydrogen (secondary N) is 1. The zero-order chi connectivity index (χ0) is 19.2. The molecule has 0 radical (unpaired) electrons. The molecule has 0 unspecified atom stereocenters. The van der Waals surface area contributed by atoms with Crippen molar-refractivity contribution in [2.24, 2.45) is 0 Å². The fourth-order valence-electron chi connectivity index (χ4n) is 2.85. The molecule has 0 bridgehead atoms. The molecule has 144 valence electrons. The highest BCUT2D eigenvalue weighted by molar-refractivity contribution is 5.94. The van der Waals surface area contributed by atoms with E-state index in [-0.39, 0.29) is 23.7 Å². The molecule has 1 N–H and O–H groups in total. The Morgan fingerprint density at radius 1 is 1.26 bits per heavy atom. The maximum atomic E-state index is 12.6. The van der Waals surface area contributed by atoms with Crippen LogP contribution in [0.2, 0.25) is 0 Å². The lowest BCUT2D eigenvalue weighted by Crippen LogP contribution is -2.33. The average Bonchev–Trinajstić information content (AvgIpc) is 3.27. The third-order valence-corrected chi connectivity index (χ3v) is 4.40. The molecule has 3 amide bonds. The van der Waals surface area contributed by atoms with Crippen molar-refractivity contribution in [1.29, 1.82) is 0 Å². The molecule has 1 saturated heterocycles. The van der Waals surface area contributed by atoms with Crippen LogP contribution in [0.1, 0.15) is 16.1 Å². The second kappa shape index (κ2) is 8.68. The number of nitrogens with zero attached hydrogens (tertiary/aromatic N) is 4. The van der Waals surface area contributed by atoms with Gasteiger partial charge in [0.1, 0.15) is 0 Å². The lowest BCUT2D eigenvalue weighted by atomic mass is 10.1. The van der Waals surface area contributed by atoms with E-state index in [0.717, 1.165) is 13.0 Å². The van der Waals surface area contributed by atoms with Crippen LogP contribution in [0.25, 0.3) is 0 Å². The zero-order valence-corrected chi connectivity index (χ0v) is 15.7. The molecule has 8 heteroatoms. The fraction of sp³-hybridized carbons (Fsp3) is 0.421. The van der Waals surface area contributed by atoms with Crippen LogP contribution in [0.15, 0.2) is 40.9 Å². The van der Waals surface area contributed by atoms with Crippen LogP contribution in [-0.4, -0.2) is 73.5 Å². The maximum Gasteiger partial charge on any atom is 0.328 e. The first-order valence-electron chi connectivity index (χ1n) is 9.03. The van der Waals surface area contributed by atoms with Gasteiger partial charge in [-0.25, -0.2) is 14.7 Å². The van der Waals surface area contributed by atoms with Gasteiger partial charge in [-0.05, 0) is 26.1 Å². The van der Waals surface area contributed by atoms with Gasteiger partial charge in [0.2, 0.25) is 5.76 Å². The molecular weight excluding hydrogens is 346 g/mol. The van der Waals surface area contributed by atoms with Crippen LogP contribution in [0, 0.1) is 0 Å². The number of rotatable bonds is 8. The molecule has 0 saturated carbocycles. The Kier molecular flexibility index (Phi) is 6.08. The first-order chi connectivity index (χ1) is 13.0. The van der Waals surface area contributed by atoms with Gasteiger partial charge in [-0.15, -0.1) is 0 Å². The molecule has 1 aliphatic rings. The molecule has 0 atom stereocenters. The number of benzene rings is 1. The van der Waals surface area contributed by atoms with Crippen molar-refractivity contribution in [3.05, 3.63) is 47.9 Å². The van der Waals surface area contributed by atoms with Gasteiger partial charge in [0.15, 0.2) is 0 Å². The molecule has 1 aromatic heterocycles. The highest BCUT2D eigenvalue weighted by Crippen LogP contribution is 2.20. The van der Waals surface area contributed by atoms with Crippen molar-refractivity contribution >= 4 is 18.0 Å². The summed E-state index contributed by atoms with van der Waals surface area (Å²) >= 11 is 0. The predicted octanol–water partition coefficient (Wildman–Crippen LogP) is 1.45. The van der Waals surface area contributed by atoms with Crippen LogP contribution in [0.5, 0.6) is 0 Å². The molecule has 27 heavy (non-hydrogen) atoms. The van der Waals surface area contributed by atoms with E-state index < -0.39 is 0 Å². The van der Waals surface area contributed by atoms with Crippen LogP contribution in [0.3, 0.4) is 0 Å². The van der Waals surface area contributed by atoms with Gasteiger partial charge >= 0.3 is 12.0 Å². The minimum atomic E-state index is -0.330. The SMILES string of the molecule is CN(C)CCNC(=O)c1cnc(N2CCN(CCc3ccccc3)C2=O)o1. The summed E-state index contributed by atoms with van der Waals surface area (Å²) in [5, 5.41) is 2.76. The summed E-state index contributed by atoms with van der Waals surface area (Å²) in [4.78, 5) is 34.0. The number of oxazole rings is 1. The summed E-state index contributed by atoms with van der Waals surface area (Å²) in [5.41, 5.74) is 1.19. The molecule has 8 nitrogen and oxygen atoms in total. The molecule has 1 aromatic carbocycles. The Labute approximate surface area is 158 Å². The highest BCUT2D eigenvalue weighted by atomic mass is 16.4. The largest absolute Gasteiger partial charge is 0.418 e. The standard InChI is InChI=1S/C19H25N5O3/c1-22(2)11-9-20-17(25)16-14-21-18(27-16)24-13-12-23(19(24)26)10-8-15-6-4-3-5-7-15/h3-7,14H,8-13H2,1-2H3,(H,20,25). The number of urea groups is 1. The number of likely N-dealkylation sites (N-methyl/N-ethyl adjacent to an activating group) is 1. The van der Waals surface area contributed by atoms with Gasteiger partial charge in [0.05, 0.1) is 6.20 Å². The summed E-state index contributed by atoms with van der Waals surface area (Å²) < 4.78 is 5.51. The van der Waals surface area contributed by atoms with E-state index in [1.165, 1.54) is 16.7 Å². The fourth-order valence-corrected chi connectivity index (χ4v) is 2.85. The van der Waals surface area contributed by atoms with Crippen molar-refractivity contribution < 1.29 is 14.0 Å². The number of carbonyl (C=O) groups excluding carboxylic acids is 2. The Morgan fingerprint density at radius 3 is 2.78 bits per heavy atom. The van der Waals surface area contributed by atoms with Crippen molar-refractivity contribution in [2.75, 3.05) is 51.7 Å². The molecule has 1 aliphatic heterocycles. The summed E-state index contributed by atoms with van der Waals surface area (Å²) in [6.45, 7) is 2.98. The average molecular weight is 371 g/mol. The molecule has 0 aliphatic carbocycles. The van der Waals surface area contributed by atoms with Gasteiger partial charge in [-0.3, -0.25) is 4.79 Å². The Hall–Kier alpha value is -2.87. The van der Waals surface area contributed by atoms with Gasteiger partial charge in [0.25, 0.3) is 5.91 Å². The lowest BCUT2D eigenvalue weighted by Gasteiger charge is -2.16. The predicted molar refractivity (Wildman–Crippen MR) is 102 cm³/mol. The van der Waals surface area contributed by atoms with Gasteiger partial charge in [0, 0.05) is 32.7 Å². The Bertz CT molecular complexity index is 775. The molecular formula is C19H25N5O3. The highest BCUT2D eigenvalue weighted by Gasteiger charge is 2.32. The monoisotopic (exact) mass is 371 g/mol. The second-order valence-corrected chi connectivity index (χ2v) is 6.72. The number of anilines is 1. The third-order valence-electron chi connectivity index (χ3n) is 4.40. The normalized spacial score (nSPS) is 14.3. The van der Waals surface area contributed by atoms with E-state index in [2.05, 4.69) is 10.3 Å². The Morgan fingerprint density at radius 2 is 2.04 bits per heavy atom. The van der Waals surface area contributed by atoms with Crippen LogP contribution >= 0.6 is 0 Å². The number of carbonyl (C=O) groups is 2. The third kappa shape index (κ3) is 4.85. The molecule has 0 spiro atoms. The molecule has 3 rings (SSSR count). The summed E-state index contributed by atoms with van der Waals surface area (Å²) in [6.07, 6.45) is 2.16. The quantitative estimate of drug-likeness (QED) is 0.760. The molecule has 2 heterocycles. The molecule has 2 aromatic rings. The van der Waals surface area contributed by atoms with Gasteiger partial charge in [-0.2, -0.15) is 0 Å². The minimum Gasteiger partial charge on any atom is -0.418 e. The zero-order valence-electron chi connectivity index (χ0n) is 15.7. The summed E-state index contributed by atoms with van der Waals surface area (Å²) in [6, 6.07) is 10.1. The first-order valence-corrected chi connectivity index (χ1v) is 9.03. The van der Waals surface area contributed by atoms with Gasteiger partial charge in [-0.1, -0.05) is 30.3 Å². The lowest BCUT2D eigenvalue weighted by molar-refractivity contribution is 0.0924. The summed E-state index contributed by atoms with van der Waals surface area (Å²) in [7, 11) is 3.86. The summed E-state index contributed by atoms with van der Waals surface area (Å²) in [5.74, 6) is -0.220. The van der Waals surface area contributed by atoms with E-state index in [9.17, 15) is 9.59 Å². The van der Waals surface area contributed by atoms with Crippen molar-refractivity contribution in [3.63, 3.8) is 0 Å². The Balaban J connectivity index is 1.54. The molecule has 1 fully saturated rings. The number of hydrogen-bond acceptors (Lipinski definition) is 5. The van der Waals surface area contributed by atoms with E-state index >= 15 is 0 Å². The minimum absolute atomic E-state index is 0.110. The topological polar surface area (TPSA) is 81.9 Å². The van der Waals surface area contributed by atoms with Gasteiger partial charge < -0.3 is 19.5 Å². The van der Waals surface area contributed by atoms with Crippen molar-refractivity contribution in [3.8, 4) is 0 Å². The van der Waals surface area contributed by atoms with Crippen LogP contribution in [0.4, 0.5) is 10.8 Å². The maximum absolute atomic E-state index is 12.6. The van der Waals surface area contributed by atoms with E-state index in [1.807, 2.05) is 49.3 Å². The number of amides is 3. The number of hydrogen-bond donors (Lipinski definition) is 1.